The molecule has 1 saturated carbocycles. The molecule has 0 aromatic heterocycles. The van der Waals surface area contributed by atoms with E-state index < -0.39 is 0 Å². The zero-order valence-corrected chi connectivity index (χ0v) is 11.6. The topological polar surface area (TPSA) is 21.3 Å². The quantitative estimate of drug-likeness (QED) is 0.793. The Kier molecular flexibility index (Phi) is 5.30. The summed E-state index contributed by atoms with van der Waals surface area (Å²) in [5.74, 6) is 0.924. The monoisotopic (exact) mass is 239 g/mol. The number of hydrogen-bond acceptors (Lipinski definition) is 2. The Morgan fingerprint density at radius 1 is 1.12 bits per heavy atom. The fraction of sp³-hybridized carbons (Fsp3) is 1.00. The van der Waals surface area contributed by atoms with E-state index in [0.717, 1.165) is 18.5 Å². The minimum absolute atomic E-state index is 0.475. The van der Waals surface area contributed by atoms with Gasteiger partial charge in [-0.1, -0.05) is 26.2 Å². The molecule has 1 heterocycles. The molecule has 1 aliphatic carbocycles. The van der Waals surface area contributed by atoms with Gasteiger partial charge in [-0.25, -0.2) is 0 Å². The van der Waals surface area contributed by atoms with Crippen molar-refractivity contribution in [1.82, 2.24) is 5.32 Å². The molecule has 0 amide bonds. The minimum atomic E-state index is 0.475. The summed E-state index contributed by atoms with van der Waals surface area (Å²) in [6.45, 7) is 5.59. The Balaban J connectivity index is 1.71. The Morgan fingerprint density at radius 2 is 1.88 bits per heavy atom. The zero-order valence-electron chi connectivity index (χ0n) is 11.6. The molecule has 0 aromatic carbocycles. The lowest BCUT2D eigenvalue weighted by Gasteiger charge is -2.31. The third-order valence-electron chi connectivity index (χ3n) is 4.59. The molecule has 0 spiro atoms. The van der Waals surface area contributed by atoms with Crippen LogP contribution in [-0.2, 0) is 4.74 Å². The van der Waals surface area contributed by atoms with Gasteiger partial charge >= 0.3 is 0 Å². The third-order valence-corrected chi connectivity index (χ3v) is 4.59. The second-order valence-corrected chi connectivity index (χ2v) is 5.97. The molecule has 0 radical (unpaired) electrons. The fourth-order valence-electron chi connectivity index (χ4n) is 3.50. The van der Waals surface area contributed by atoms with Crippen molar-refractivity contribution < 1.29 is 4.74 Å². The second kappa shape index (κ2) is 6.75. The van der Waals surface area contributed by atoms with Crippen molar-refractivity contribution >= 4 is 0 Å². The van der Waals surface area contributed by atoms with Gasteiger partial charge in [-0.3, -0.25) is 0 Å². The van der Waals surface area contributed by atoms with Gasteiger partial charge in [0.25, 0.3) is 0 Å². The van der Waals surface area contributed by atoms with Crippen LogP contribution in [0.1, 0.15) is 65.2 Å². The van der Waals surface area contributed by atoms with Crippen LogP contribution in [0.2, 0.25) is 0 Å². The van der Waals surface area contributed by atoms with Crippen LogP contribution >= 0.6 is 0 Å². The molecule has 1 aliphatic heterocycles. The van der Waals surface area contributed by atoms with Crippen LogP contribution < -0.4 is 5.32 Å². The molecule has 2 nitrogen and oxygen atoms in total. The van der Waals surface area contributed by atoms with E-state index in [1.807, 2.05) is 0 Å². The molecule has 1 saturated heterocycles. The highest BCUT2D eigenvalue weighted by molar-refractivity contribution is 4.81. The lowest BCUT2D eigenvalue weighted by Crippen LogP contribution is -2.40. The normalized spacial score (nSPS) is 32.8. The van der Waals surface area contributed by atoms with Gasteiger partial charge in [0.05, 0.1) is 12.2 Å². The van der Waals surface area contributed by atoms with Gasteiger partial charge in [-0.2, -0.15) is 0 Å². The lowest BCUT2D eigenvalue weighted by molar-refractivity contribution is 0.0520. The van der Waals surface area contributed by atoms with Crippen LogP contribution in [0.3, 0.4) is 0 Å². The highest BCUT2D eigenvalue weighted by Crippen LogP contribution is 2.28. The van der Waals surface area contributed by atoms with Crippen LogP contribution in [0.4, 0.5) is 0 Å². The maximum atomic E-state index is 5.88. The van der Waals surface area contributed by atoms with E-state index in [1.165, 1.54) is 51.4 Å². The van der Waals surface area contributed by atoms with E-state index in [0.29, 0.717) is 12.2 Å². The van der Waals surface area contributed by atoms with Crippen molar-refractivity contribution in [3.63, 3.8) is 0 Å². The molecule has 1 N–H and O–H groups in total. The standard InChI is InChI=1S/C15H29NO/c1-3-15(13-7-5-4-6-8-13)16-11-14-10-9-12(2)17-14/h12-16H,3-11H2,1-2H3. The van der Waals surface area contributed by atoms with Gasteiger partial charge in [0, 0.05) is 12.6 Å². The summed E-state index contributed by atoms with van der Waals surface area (Å²) < 4.78 is 5.88. The first-order chi connectivity index (χ1) is 8.29. The van der Waals surface area contributed by atoms with Gasteiger partial charge in [0.1, 0.15) is 0 Å². The van der Waals surface area contributed by atoms with Crippen molar-refractivity contribution in [3.8, 4) is 0 Å². The third kappa shape index (κ3) is 3.96. The molecule has 3 unspecified atom stereocenters. The Morgan fingerprint density at radius 3 is 2.47 bits per heavy atom. The van der Waals surface area contributed by atoms with Gasteiger partial charge in [0.15, 0.2) is 0 Å². The van der Waals surface area contributed by atoms with E-state index in [4.69, 9.17) is 4.74 Å². The summed E-state index contributed by atoms with van der Waals surface area (Å²) in [4.78, 5) is 0. The average molecular weight is 239 g/mol. The fourth-order valence-corrected chi connectivity index (χ4v) is 3.50. The predicted octanol–water partition coefficient (Wildman–Crippen LogP) is 3.50. The van der Waals surface area contributed by atoms with Crippen LogP contribution in [0, 0.1) is 5.92 Å². The van der Waals surface area contributed by atoms with Gasteiger partial charge in [-0.15, -0.1) is 0 Å². The molecule has 17 heavy (non-hydrogen) atoms. The van der Waals surface area contributed by atoms with Crippen molar-refractivity contribution in [2.24, 2.45) is 5.92 Å². The van der Waals surface area contributed by atoms with E-state index in [-0.39, 0.29) is 0 Å². The average Bonchev–Trinajstić information content (AvgIpc) is 2.77. The Labute approximate surface area is 107 Å². The Hall–Kier alpha value is -0.0800. The first-order valence-corrected chi connectivity index (χ1v) is 7.68. The zero-order chi connectivity index (χ0) is 12.1. The number of nitrogens with one attached hydrogen (secondary N) is 1. The summed E-state index contributed by atoms with van der Waals surface area (Å²) in [5, 5.41) is 3.78. The van der Waals surface area contributed by atoms with Gasteiger partial charge in [-0.05, 0) is 44.9 Å². The number of ether oxygens (including phenoxy) is 1. The smallest absolute Gasteiger partial charge is 0.0704 e. The molecular formula is C15H29NO. The first-order valence-electron chi connectivity index (χ1n) is 7.68. The summed E-state index contributed by atoms with van der Waals surface area (Å²) in [6, 6.07) is 0.731. The van der Waals surface area contributed by atoms with Crippen LogP contribution in [0.15, 0.2) is 0 Å². The molecule has 0 bridgehead atoms. The highest BCUT2D eigenvalue weighted by atomic mass is 16.5. The summed E-state index contributed by atoms with van der Waals surface area (Å²) in [6.07, 6.45) is 11.9. The van der Waals surface area contributed by atoms with Crippen molar-refractivity contribution in [1.29, 1.82) is 0 Å². The summed E-state index contributed by atoms with van der Waals surface area (Å²) in [5.41, 5.74) is 0. The maximum absolute atomic E-state index is 5.88. The van der Waals surface area contributed by atoms with Crippen LogP contribution in [0.25, 0.3) is 0 Å². The molecule has 2 aliphatic rings. The van der Waals surface area contributed by atoms with Crippen molar-refractivity contribution in [2.45, 2.75) is 83.5 Å². The SMILES string of the molecule is CCC(NCC1CCC(C)O1)C1CCCCC1. The highest BCUT2D eigenvalue weighted by Gasteiger charge is 2.25. The van der Waals surface area contributed by atoms with Crippen molar-refractivity contribution in [3.05, 3.63) is 0 Å². The minimum Gasteiger partial charge on any atom is -0.374 e. The second-order valence-electron chi connectivity index (χ2n) is 5.97. The molecular weight excluding hydrogens is 210 g/mol. The Bertz CT molecular complexity index is 213. The van der Waals surface area contributed by atoms with E-state index in [2.05, 4.69) is 19.2 Å². The first kappa shape index (κ1) is 13.4. The summed E-state index contributed by atoms with van der Waals surface area (Å²) >= 11 is 0. The van der Waals surface area contributed by atoms with E-state index in [1.54, 1.807) is 0 Å². The largest absolute Gasteiger partial charge is 0.374 e. The van der Waals surface area contributed by atoms with Gasteiger partial charge < -0.3 is 10.1 Å². The number of rotatable bonds is 5. The maximum Gasteiger partial charge on any atom is 0.0704 e. The van der Waals surface area contributed by atoms with Crippen molar-refractivity contribution in [2.75, 3.05) is 6.54 Å². The molecule has 2 heteroatoms. The summed E-state index contributed by atoms with van der Waals surface area (Å²) in [7, 11) is 0. The predicted molar refractivity (Wildman–Crippen MR) is 72.2 cm³/mol. The van der Waals surface area contributed by atoms with Crippen LogP contribution in [0.5, 0.6) is 0 Å². The molecule has 0 aromatic rings. The number of hydrogen-bond donors (Lipinski definition) is 1. The molecule has 100 valence electrons. The molecule has 2 fully saturated rings. The van der Waals surface area contributed by atoms with E-state index in [9.17, 15) is 0 Å². The molecule has 3 atom stereocenters. The lowest BCUT2D eigenvalue weighted by atomic mass is 9.83. The van der Waals surface area contributed by atoms with E-state index >= 15 is 0 Å². The van der Waals surface area contributed by atoms with Gasteiger partial charge in [0.2, 0.25) is 0 Å². The van der Waals surface area contributed by atoms with Crippen LogP contribution in [-0.4, -0.2) is 24.8 Å². The molecule has 2 rings (SSSR count).